The highest BCUT2D eigenvalue weighted by atomic mass is 35.5. The molecule has 0 fully saturated rings. The number of carbonyl (C=O) groups is 1. The Morgan fingerprint density at radius 3 is 2.44 bits per heavy atom. The first-order valence-corrected chi connectivity index (χ1v) is 5.82. The molecule has 2 aromatic carbocycles. The van der Waals surface area contributed by atoms with Gasteiger partial charge in [0, 0.05) is 10.7 Å². The standard InChI is InChI=1S/C14H11ClFNO/c15-13-4-2-1-3-10(13)9-14(18)17-12-7-5-11(16)6-8-12/h1-8H,9H2,(H,17,18). The molecule has 0 aliphatic heterocycles. The number of benzene rings is 2. The van der Waals surface area contributed by atoms with Crippen LogP contribution in [0.4, 0.5) is 10.1 Å². The summed E-state index contributed by atoms with van der Waals surface area (Å²) < 4.78 is 12.7. The monoisotopic (exact) mass is 263 g/mol. The van der Waals surface area contributed by atoms with E-state index in [2.05, 4.69) is 5.32 Å². The van der Waals surface area contributed by atoms with E-state index in [4.69, 9.17) is 11.6 Å². The Labute approximate surface area is 109 Å². The van der Waals surface area contributed by atoms with Gasteiger partial charge in [0.1, 0.15) is 5.82 Å². The van der Waals surface area contributed by atoms with Crippen molar-refractivity contribution in [3.63, 3.8) is 0 Å². The average Bonchev–Trinajstić information content (AvgIpc) is 2.35. The molecule has 2 aromatic rings. The molecule has 1 amide bonds. The van der Waals surface area contributed by atoms with E-state index in [0.29, 0.717) is 10.7 Å². The number of anilines is 1. The third-order valence-corrected chi connectivity index (χ3v) is 2.81. The number of hydrogen-bond donors (Lipinski definition) is 1. The number of amides is 1. The van der Waals surface area contributed by atoms with Crippen molar-refractivity contribution < 1.29 is 9.18 Å². The van der Waals surface area contributed by atoms with Crippen LogP contribution in [0.3, 0.4) is 0 Å². The fourth-order valence-corrected chi connectivity index (χ4v) is 1.76. The van der Waals surface area contributed by atoms with Crippen LogP contribution >= 0.6 is 11.6 Å². The van der Waals surface area contributed by atoms with Gasteiger partial charge >= 0.3 is 0 Å². The van der Waals surface area contributed by atoms with Gasteiger partial charge in [-0.25, -0.2) is 4.39 Å². The summed E-state index contributed by atoms with van der Waals surface area (Å²) in [6.07, 6.45) is 0.192. The van der Waals surface area contributed by atoms with Crippen molar-refractivity contribution in [2.24, 2.45) is 0 Å². The highest BCUT2D eigenvalue weighted by molar-refractivity contribution is 6.31. The molecule has 0 aliphatic carbocycles. The maximum absolute atomic E-state index is 12.7. The predicted molar refractivity (Wildman–Crippen MR) is 70.2 cm³/mol. The van der Waals surface area contributed by atoms with Crippen LogP contribution in [0.15, 0.2) is 48.5 Å². The molecule has 2 nitrogen and oxygen atoms in total. The van der Waals surface area contributed by atoms with Crippen molar-refractivity contribution in [3.8, 4) is 0 Å². The van der Waals surface area contributed by atoms with E-state index in [9.17, 15) is 9.18 Å². The van der Waals surface area contributed by atoms with E-state index in [0.717, 1.165) is 5.56 Å². The van der Waals surface area contributed by atoms with Crippen molar-refractivity contribution in [2.45, 2.75) is 6.42 Å². The molecule has 0 spiro atoms. The second-order valence-electron chi connectivity index (χ2n) is 3.82. The van der Waals surface area contributed by atoms with E-state index in [1.54, 1.807) is 12.1 Å². The molecule has 0 unspecified atom stereocenters. The highest BCUT2D eigenvalue weighted by Crippen LogP contribution is 2.16. The van der Waals surface area contributed by atoms with Crippen molar-refractivity contribution in [1.82, 2.24) is 0 Å². The maximum atomic E-state index is 12.7. The summed E-state index contributed by atoms with van der Waals surface area (Å²) in [6, 6.07) is 12.8. The predicted octanol–water partition coefficient (Wildman–Crippen LogP) is 3.66. The van der Waals surface area contributed by atoms with E-state index in [1.165, 1.54) is 24.3 Å². The second-order valence-corrected chi connectivity index (χ2v) is 4.23. The molecular weight excluding hydrogens is 253 g/mol. The molecule has 0 atom stereocenters. The van der Waals surface area contributed by atoms with Crippen LogP contribution in [-0.4, -0.2) is 5.91 Å². The fourth-order valence-electron chi connectivity index (χ4n) is 1.55. The largest absolute Gasteiger partial charge is 0.326 e. The van der Waals surface area contributed by atoms with Crippen LogP contribution in [0, 0.1) is 5.82 Å². The van der Waals surface area contributed by atoms with Gasteiger partial charge < -0.3 is 5.32 Å². The molecule has 1 N–H and O–H groups in total. The zero-order valence-corrected chi connectivity index (χ0v) is 10.2. The minimum Gasteiger partial charge on any atom is -0.326 e. The molecule has 0 heterocycles. The topological polar surface area (TPSA) is 29.1 Å². The Hall–Kier alpha value is -1.87. The average molecular weight is 264 g/mol. The highest BCUT2D eigenvalue weighted by Gasteiger charge is 2.06. The molecule has 4 heteroatoms. The van der Waals surface area contributed by atoms with Gasteiger partial charge in [0.05, 0.1) is 6.42 Å². The Morgan fingerprint density at radius 1 is 1.11 bits per heavy atom. The Kier molecular flexibility index (Phi) is 3.95. The Balaban J connectivity index is 2.01. The van der Waals surface area contributed by atoms with Gasteiger partial charge in [0.15, 0.2) is 0 Å². The molecule has 0 bridgehead atoms. The van der Waals surface area contributed by atoms with Crippen LogP contribution < -0.4 is 5.32 Å². The molecule has 18 heavy (non-hydrogen) atoms. The Morgan fingerprint density at radius 2 is 1.78 bits per heavy atom. The summed E-state index contributed by atoms with van der Waals surface area (Å²) in [5, 5.41) is 3.24. The van der Waals surface area contributed by atoms with Gasteiger partial charge in [-0.1, -0.05) is 29.8 Å². The van der Waals surface area contributed by atoms with E-state index in [1.807, 2.05) is 12.1 Å². The minimum absolute atomic E-state index is 0.185. The zero-order valence-electron chi connectivity index (χ0n) is 9.49. The van der Waals surface area contributed by atoms with Crippen molar-refractivity contribution in [2.75, 3.05) is 5.32 Å². The van der Waals surface area contributed by atoms with Gasteiger partial charge in [-0.2, -0.15) is 0 Å². The number of nitrogens with one attached hydrogen (secondary N) is 1. The van der Waals surface area contributed by atoms with Gasteiger partial charge in [0.25, 0.3) is 0 Å². The second kappa shape index (κ2) is 5.65. The lowest BCUT2D eigenvalue weighted by Gasteiger charge is -2.06. The number of carbonyl (C=O) groups excluding carboxylic acids is 1. The molecule has 0 aromatic heterocycles. The number of hydrogen-bond acceptors (Lipinski definition) is 1. The summed E-state index contributed by atoms with van der Waals surface area (Å²) in [5.74, 6) is -0.520. The summed E-state index contributed by atoms with van der Waals surface area (Å²) in [5.41, 5.74) is 1.33. The van der Waals surface area contributed by atoms with Crippen LogP contribution in [0.25, 0.3) is 0 Å². The van der Waals surface area contributed by atoms with E-state index >= 15 is 0 Å². The lowest BCUT2D eigenvalue weighted by Crippen LogP contribution is -2.14. The van der Waals surface area contributed by atoms with Crippen LogP contribution in [-0.2, 0) is 11.2 Å². The molecule has 2 rings (SSSR count). The van der Waals surface area contributed by atoms with E-state index < -0.39 is 0 Å². The molecule has 0 radical (unpaired) electrons. The van der Waals surface area contributed by atoms with E-state index in [-0.39, 0.29) is 18.1 Å². The van der Waals surface area contributed by atoms with Crippen molar-refractivity contribution in [1.29, 1.82) is 0 Å². The van der Waals surface area contributed by atoms with Crippen molar-refractivity contribution >= 4 is 23.2 Å². The zero-order chi connectivity index (χ0) is 13.0. The number of halogens is 2. The summed E-state index contributed by atoms with van der Waals surface area (Å²) in [7, 11) is 0. The SMILES string of the molecule is O=C(Cc1ccccc1Cl)Nc1ccc(F)cc1. The Bertz CT molecular complexity index is 554. The molecule has 0 saturated heterocycles. The van der Waals surface area contributed by atoms with Crippen LogP contribution in [0.2, 0.25) is 5.02 Å². The first-order chi connectivity index (χ1) is 8.65. The van der Waals surface area contributed by atoms with Gasteiger partial charge in [-0.05, 0) is 35.9 Å². The normalized spacial score (nSPS) is 10.1. The molecule has 0 saturated carbocycles. The lowest BCUT2D eigenvalue weighted by atomic mass is 10.1. The van der Waals surface area contributed by atoms with Gasteiger partial charge in [-0.15, -0.1) is 0 Å². The minimum atomic E-state index is -0.334. The van der Waals surface area contributed by atoms with Gasteiger partial charge in [0.2, 0.25) is 5.91 Å². The molecule has 0 aliphatic rings. The summed E-state index contributed by atoms with van der Waals surface area (Å²) >= 11 is 5.96. The number of rotatable bonds is 3. The summed E-state index contributed by atoms with van der Waals surface area (Å²) in [6.45, 7) is 0. The van der Waals surface area contributed by atoms with Crippen LogP contribution in [0.1, 0.15) is 5.56 Å². The van der Waals surface area contributed by atoms with Crippen LogP contribution in [0.5, 0.6) is 0 Å². The molecule has 92 valence electrons. The fraction of sp³-hybridized carbons (Fsp3) is 0.0714. The third-order valence-electron chi connectivity index (χ3n) is 2.44. The van der Waals surface area contributed by atoms with Crippen molar-refractivity contribution in [3.05, 3.63) is 64.9 Å². The maximum Gasteiger partial charge on any atom is 0.228 e. The summed E-state index contributed by atoms with van der Waals surface area (Å²) in [4.78, 5) is 11.8. The van der Waals surface area contributed by atoms with Gasteiger partial charge in [-0.3, -0.25) is 4.79 Å². The first kappa shape index (κ1) is 12.6. The smallest absolute Gasteiger partial charge is 0.228 e. The quantitative estimate of drug-likeness (QED) is 0.900. The lowest BCUT2D eigenvalue weighted by molar-refractivity contribution is -0.115. The first-order valence-electron chi connectivity index (χ1n) is 5.44. The third kappa shape index (κ3) is 3.31. The molecular formula is C14H11ClFNO.